The third-order valence-electron chi connectivity index (χ3n) is 3.65. The van der Waals surface area contributed by atoms with Gasteiger partial charge in [0.1, 0.15) is 16.4 Å². The number of furan rings is 1. The van der Waals surface area contributed by atoms with E-state index in [9.17, 15) is 8.78 Å². The number of rotatable bonds is 8. The number of halogens is 4. The van der Waals surface area contributed by atoms with Gasteiger partial charge in [-0.05, 0) is 27.4 Å². The number of hydrogen-bond acceptors (Lipinski definition) is 6. The van der Waals surface area contributed by atoms with Crippen LogP contribution in [0.5, 0.6) is 0 Å². The molecule has 0 aliphatic heterocycles. The largest absolute Gasteiger partial charge is 0.456 e. The molecule has 0 unspecified atom stereocenters. The van der Waals surface area contributed by atoms with Crippen molar-refractivity contribution in [2.24, 2.45) is 5.73 Å². The fourth-order valence-corrected chi connectivity index (χ4v) is 3.81. The minimum absolute atomic E-state index is 0.203. The Bertz CT molecular complexity index is 915. The molecule has 0 fully saturated rings. The minimum Gasteiger partial charge on any atom is -0.456 e. The second-order valence-electron chi connectivity index (χ2n) is 6.03. The quantitative estimate of drug-likeness (QED) is 0.421. The number of fused-ring (bicyclic) bond motifs is 1. The molecular formula is C17H17BrClF2N3O2S. The summed E-state index contributed by atoms with van der Waals surface area (Å²) in [5.74, 6) is 0.495. The van der Waals surface area contributed by atoms with Gasteiger partial charge in [0, 0.05) is 36.9 Å². The molecule has 0 aliphatic rings. The molecule has 3 heterocycles. The van der Waals surface area contributed by atoms with Gasteiger partial charge in [-0.25, -0.2) is 4.98 Å². The molecule has 5 nitrogen and oxygen atoms in total. The Hall–Kier alpha value is -1.26. The maximum atomic E-state index is 12.8. The minimum atomic E-state index is -3.23. The highest BCUT2D eigenvalue weighted by molar-refractivity contribution is 9.10. The number of hydrogen-bond donors (Lipinski definition) is 2. The monoisotopic (exact) mass is 479 g/mol. The van der Waals surface area contributed by atoms with Crippen molar-refractivity contribution >= 4 is 55.7 Å². The van der Waals surface area contributed by atoms with E-state index in [1.807, 2.05) is 17.5 Å². The number of ether oxygens (including phenoxy) is 1. The summed E-state index contributed by atoms with van der Waals surface area (Å²) in [6, 6.07) is 5.01. The van der Waals surface area contributed by atoms with Crippen LogP contribution in [0.25, 0.3) is 11.1 Å². The molecular weight excluding hydrogens is 464 g/mol. The van der Waals surface area contributed by atoms with Crippen molar-refractivity contribution in [1.82, 2.24) is 4.98 Å². The number of pyridine rings is 1. The topological polar surface area (TPSA) is 73.3 Å². The first-order chi connectivity index (χ1) is 12.7. The molecule has 3 aromatic heterocycles. The van der Waals surface area contributed by atoms with Crippen LogP contribution < -0.4 is 11.1 Å². The molecule has 0 amide bonds. The molecule has 0 bridgehead atoms. The highest BCUT2D eigenvalue weighted by Crippen LogP contribution is 2.36. The predicted molar refractivity (Wildman–Crippen MR) is 107 cm³/mol. The number of nitrogens with zero attached hydrogens (tertiary/aromatic N) is 1. The highest BCUT2D eigenvalue weighted by Gasteiger charge is 2.24. The molecule has 3 aromatic rings. The van der Waals surface area contributed by atoms with Gasteiger partial charge in [-0.1, -0.05) is 17.7 Å². The zero-order chi connectivity index (χ0) is 19.6. The van der Waals surface area contributed by atoms with Crippen LogP contribution in [0.2, 0.25) is 5.15 Å². The van der Waals surface area contributed by atoms with Crippen molar-refractivity contribution in [2.75, 3.05) is 11.9 Å². The smallest absolute Gasteiger partial charge is 0.352 e. The van der Waals surface area contributed by atoms with Crippen molar-refractivity contribution in [3.05, 3.63) is 43.8 Å². The lowest BCUT2D eigenvalue weighted by molar-refractivity contribution is -0.226. The molecule has 10 heteroatoms. The van der Waals surface area contributed by atoms with Crippen LogP contribution >= 0.6 is 38.9 Å². The summed E-state index contributed by atoms with van der Waals surface area (Å²) in [6.45, 7) is 0.985. The van der Waals surface area contributed by atoms with Gasteiger partial charge < -0.3 is 20.2 Å². The summed E-state index contributed by atoms with van der Waals surface area (Å²) < 4.78 is 36.6. The van der Waals surface area contributed by atoms with Gasteiger partial charge in [0.25, 0.3) is 0 Å². The zero-order valence-electron chi connectivity index (χ0n) is 14.3. The second kappa shape index (κ2) is 8.40. The Kier molecular flexibility index (Phi) is 6.37. The Labute approximate surface area is 172 Å². The first-order valence-electron chi connectivity index (χ1n) is 8.04. The molecule has 0 spiro atoms. The van der Waals surface area contributed by atoms with Crippen LogP contribution in [0.1, 0.15) is 17.6 Å². The summed E-state index contributed by atoms with van der Waals surface area (Å²) in [5, 5.41) is 5.59. The van der Waals surface area contributed by atoms with Gasteiger partial charge in [0.05, 0.1) is 16.8 Å². The number of alkyl halides is 2. The SMILES string of the molecule is CC(F)(F)OC[C@H](N)Cc1oc2c(NCc3cccs3)cc(Cl)nc2c1Br. The van der Waals surface area contributed by atoms with Gasteiger partial charge in [-0.15, -0.1) is 11.3 Å². The molecule has 0 saturated carbocycles. The van der Waals surface area contributed by atoms with E-state index in [1.54, 1.807) is 17.4 Å². The van der Waals surface area contributed by atoms with Crippen LogP contribution in [0, 0.1) is 0 Å². The van der Waals surface area contributed by atoms with E-state index >= 15 is 0 Å². The third kappa shape index (κ3) is 5.39. The molecule has 146 valence electrons. The van der Waals surface area contributed by atoms with E-state index < -0.39 is 12.2 Å². The lowest BCUT2D eigenvalue weighted by atomic mass is 10.2. The van der Waals surface area contributed by atoms with Crippen LogP contribution in [0.15, 0.2) is 32.5 Å². The van der Waals surface area contributed by atoms with Crippen molar-refractivity contribution < 1.29 is 17.9 Å². The molecule has 3 rings (SSSR count). The Morgan fingerprint density at radius 2 is 2.30 bits per heavy atom. The van der Waals surface area contributed by atoms with Crippen molar-refractivity contribution in [1.29, 1.82) is 0 Å². The van der Waals surface area contributed by atoms with Crippen molar-refractivity contribution in [3.8, 4) is 0 Å². The number of nitrogens with one attached hydrogen (secondary N) is 1. The van der Waals surface area contributed by atoms with Gasteiger partial charge in [-0.3, -0.25) is 0 Å². The van der Waals surface area contributed by atoms with Gasteiger partial charge in [-0.2, -0.15) is 8.78 Å². The summed E-state index contributed by atoms with van der Waals surface area (Å²) in [7, 11) is 0. The molecule has 27 heavy (non-hydrogen) atoms. The molecule has 0 aromatic carbocycles. The Balaban J connectivity index is 1.81. The number of anilines is 1. The Morgan fingerprint density at radius 1 is 1.52 bits per heavy atom. The average molecular weight is 481 g/mol. The summed E-state index contributed by atoms with van der Waals surface area (Å²) >= 11 is 11.2. The number of nitrogens with two attached hydrogens (primary N) is 1. The molecule has 1 atom stereocenters. The molecule has 0 saturated heterocycles. The number of thiophene rings is 1. The van der Waals surface area contributed by atoms with Crippen LogP contribution in [0.3, 0.4) is 0 Å². The van der Waals surface area contributed by atoms with Crippen molar-refractivity contribution in [2.45, 2.75) is 32.0 Å². The summed E-state index contributed by atoms with van der Waals surface area (Å²) in [6.07, 6.45) is -3.02. The van der Waals surface area contributed by atoms with E-state index in [2.05, 4.69) is 31.0 Å². The van der Waals surface area contributed by atoms with Crippen LogP contribution in [-0.2, 0) is 17.7 Å². The normalized spacial score (nSPS) is 13.3. The summed E-state index contributed by atoms with van der Waals surface area (Å²) in [4.78, 5) is 5.44. The van der Waals surface area contributed by atoms with Crippen LogP contribution in [-0.4, -0.2) is 23.7 Å². The lowest BCUT2D eigenvalue weighted by Gasteiger charge is -2.15. The lowest BCUT2D eigenvalue weighted by Crippen LogP contribution is -2.32. The van der Waals surface area contributed by atoms with E-state index in [1.165, 1.54) is 0 Å². The van der Waals surface area contributed by atoms with Gasteiger partial charge in [0.15, 0.2) is 5.58 Å². The third-order valence-corrected chi connectivity index (χ3v) is 5.54. The van der Waals surface area contributed by atoms with Gasteiger partial charge >= 0.3 is 6.11 Å². The fraction of sp³-hybridized carbons (Fsp3) is 0.353. The van der Waals surface area contributed by atoms with Crippen LogP contribution in [0.4, 0.5) is 14.5 Å². The Morgan fingerprint density at radius 3 is 2.96 bits per heavy atom. The first kappa shape index (κ1) is 20.5. The highest BCUT2D eigenvalue weighted by atomic mass is 79.9. The molecule has 3 N–H and O–H groups in total. The maximum Gasteiger partial charge on any atom is 0.352 e. The molecule has 0 aliphatic carbocycles. The second-order valence-corrected chi connectivity index (χ2v) is 8.24. The first-order valence-corrected chi connectivity index (χ1v) is 10.1. The van der Waals surface area contributed by atoms with E-state index in [0.717, 1.165) is 4.88 Å². The summed E-state index contributed by atoms with van der Waals surface area (Å²) in [5.41, 5.74) is 7.65. The van der Waals surface area contributed by atoms with Gasteiger partial charge in [0.2, 0.25) is 0 Å². The standard InChI is InChI=1S/C17H17BrClF2N3O2S/c1-17(20,21)25-8-9(22)5-12-14(18)15-16(26-12)11(6-13(19)24-15)23-7-10-3-2-4-27-10/h2-4,6,9H,5,7-8,22H2,1H3,(H,23,24)/t9-/m1/s1. The van der Waals surface area contributed by atoms with E-state index in [0.29, 0.717) is 45.6 Å². The maximum absolute atomic E-state index is 12.8. The molecule has 0 radical (unpaired) electrons. The van der Waals surface area contributed by atoms with Crippen molar-refractivity contribution in [3.63, 3.8) is 0 Å². The average Bonchev–Trinajstić information content (AvgIpc) is 3.20. The fourth-order valence-electron chi connectivity index (χ4n) is 2.46. The predicted octanol–water partition coefficient (Wildman–Crippen LogP) is 5.42. The zero-order valence-corrected chi connectivity index (χ0v) is 17.4. The number of aromatic nitrogens is 1. The van der Waals surface area contributed by atoms with E-state index in [-0.39, 0.29) is 13.0 Å². The van der Waals surface area contributed by atoms with E-state index in [4.69, 9.17) is 21.8 Å².